The highest BCUT2D eigenvalue weighted by Gasteiger charge is 1.98. The molecule has 2 rings (SSSR count). The Labute approximate surface area is 114 Å². The Balaban J connectivity index is 1.64. The van der Waals surface area contributed by atoms with Gasteiger partial charge in [0.15, 0.2) is 4.34 Å². The summed E-state index contributed by atoms with van der Waals surface area (Å²) in [4.78, 5) is 4.09. The van der Waals surface area contributed by atoms with Gasteiger partial charge in [0.2, 0.25) is 0 Å². The number of nitriles is 1. The number of rotatable bonds is 6. The van der Waals surface area contributed by atoms with Gasteiger partial charge in [-0.05, 0) is 42.2 Å². The minimum Gasteiger partial charge on any atom is -0.494 e. The fourth-order valence-electron chi connectivity index (χ4n) is 1.26. The number of hydrogen-bond acceptors (Lipinski definition) is 6. The molecule has 0 aliphatic carbocycles. The Hall–Kier alpha value is -1.58. The van der Waals surface area contributed by atoms with Gasteiger partial charge < -0.3 is 4.74 Å². The first kappa shape index (κ1) is 12.9. The second-order valence-electron chi connectivity index (χ2n) is 3.39. The molecule has 1 aromatic heterocycles. The summed E-state index contributed by atoms with van der Waals surface area (Å²) in [5.74, 6) is 1.76. The van der Waals surface area contributed by atoms with Crippen LogP contribution in [0.5, 0.6) is 5.75 Å². The van der Waals surface area contributed by atoms with Gasteiger partial charge in [0, 0.05) is 5.75 Å². The predicted octanol–water partition coefficient (Wildman–Crippen LogP) is 2.97. The minimum absolute atomic E-state index is 0.647. The molecule has 0 aliphatic heterocycles. The third-order valence-corrected chi connectivity index (χ3v) is 3.99. The monoisotopic (exact) mass is 277 g/mol. The van der Waals surface area contributed by atoms with Gasteiger partial charge in [-0.25, -0.2) is 4.98 Å². The van der Waals surface area contributed by atoms with Crippen LogP contribution in [0.25, 0.3) is 0 Å². The van der Waals surface area contributed by atoms with Crippen molar-refractivity contribution in [2.75, 3.05) is 12.4 Å². The fourth-order valence-corrected chi connectivity index (χ4v) is 2.69. The lowest BCUT2D eigenvalue weighted by Gasteiger charge is -2.05. The molecule has 0 fully saturated rings. The van der Waals surface area contributed by atoms with E-state index in [1.807, 2.05) is 12.1 Å². The molecule has 0 atom stereocenters. The summed E-state index contributed by atoms with van der Waals surface area (Å²) < 4.78 is 10.5. The zero-order valence-corrected chi connectivity index (χ0v) is 11.2. The molecule has 1 aromatic carbocycles. The van der Waals surface area contributed by atoms with Crippen molar-refractivity contribution >= 4 is 23.3 Å². The quantitative estimate of drug-likeness (QED) is 0.600. The Morgan fingerprint density at radius 3 is 2.83 bits per heavy atom. The molecule has 92 valence electrons. The van der Waals surface area contributed by atoms with Gasteiger partial charge in [-0.3, -0.25) is 0 Å². The highest BCUT2D eigenvalue weighted by Crippen LogP contribution is 2.19. The number of nitrogens with zero attached hydrogens (tertiary/aromatic N) is 3. The second kappa shape index (κ2) is 6.99. The van der Waals surface area contributed by atoms with Crippen molar-refractivity contribution in [1.29, 1.82) is 5.26 Å². The van der Waals surface area contributed by atoms with E-state index in [9.17, 15) is 0 Å². The summed E-state index contributed by atoms with van der Waals surface area (Å²) in [6, 6.07) is 9.22. The van der Waals surface area contributed by atoms with Crippen LogP contribution in [0.15, 0.2) is 34.9 Å². The first-order valence-electron chi connectivity index (χ1n) is 5.41. The molecule has 18 heavy (non-hydrogen) atoms. The maximum atomic E-state index is 8.66. The topological polar surface area (TPSA) is 58.8 Å². The molecular weight excluding hydrogens is 266 g/mol. The smallest absolute Gasteiger partial charge is 0.169 e. The Kier molecular flexibility index (Phi) is 5.00. The summed E-state index contributed by atoms with van der Waals surface area (Å²) in [5.41, 5.74) is 0.647. The van der Waals surface area contributed by atoms with Crippen molar-refractivity contribution in [3.05, 3.63) is 36.2 Å². The third-order valence-electron chi connectivity index (χ3n) is 2.11. The maximum absolute atomic E-state index is 8.66. The normalized spacial score (nSPS) is 9.94. The van der Waals surface area contributed by atoms with Gasteiger partial charge in [-0.2, -0.15) is 9.64 Å². The molecule has 1 heterocycles. The average Bonchev–Trinajstić information content (AvgIpc) is 2.92. The number of aromatic nitrogens is 2. The SMILES string of the molecule is N#Cc1ccc(OCCCSc2ncns2)cc1. The third kappa shape index (κ3) is 4.02. The largest absolute Gasteiger partial charge is 0.494 e. The van der Waals surface area contributed by atoms with Crippen LogP contribution in [0.1, 0.15) is 12.0 Å². The summed E-state index contributed by atoms with van der Waals surface area (Å²) in [5, 5.41) is 8.66. The van der Waals surface area contributed by atoms with E-state index in [4.69, 9.17) is 10.00 Å². The molecule has 4 nitrogen and oxygen atoms in total. The van der Waals surface area contributed by atoms with Crippen LogP contribution in [0.3, 0.4) is 0 Å². The van der Waals surface area contributed by atoms with Crippen molar-refractivity contribution in [1.82, 2.24) is 9.36 Å². The molecule has 0 unspecified atom stereocenters. The lowest BCUT2D eigenvalue weighted by Crippen LogP contribution is -1.98. The standard InChI is InChI=1S/C12H11N3OS2/c13-8-10-2-4-11(5-3-10)16-6-1-7-17-12-14-9-15-18-12/h2-5,9H,1,6-7H2. The van der Waals surface area contributed by atoms with E-state index in [0.29, 0.717) is 12.2 Å². The van der Waals surface area contributed by atoms with Crippen LogP contribution in [0.4, 0.5) is 0 Å². The van der Waals surface area contributed by atoms with Gasteiger partial charge in [0.25, 0.3) is 0 Å². The highest BCUT2D eigenvalue weighted by atomic mass is 32.2. The minimum atomic E-state index is 0.647. The Bertz CT molecular complexity index is 505. The number of benzene rings is 1. The van der Waals surface area contributed by atoms with E-state index in [-0.39, 0.29) is 0 Å². The van der Waals surface area contributed by atoms with Crippen molar-refractivity contribution in [2.45, 2.75) is 10.8 Å². The van der Waals surface area contributed by atoms with E-state index >= 15 is 0 Å². The van der Waals surface area contributed by atoms with Gasteiger partial charge >= 0.3 is 0 Å². The van der Waals surface area contributed by atoms with Gasteiger partial charge in [-0.1, -0.05) is 11.8 Å². The summed E-state index contributed by atoms with van der Waals surface area (Å²) in [6.07, 6.45) is 2.52. The van der Waals surface area contributed by atoms with Gasteiger partial charge in [0.1, 0.15) is 12.1 Å². The predicted molar refractivity (Wildman–Crippen MR) is 71.9 cm³/mol. The van der Waals surface area contributed by atoms with E-state index in [1.54, 1.807) is 30.2 Å². The van der Waals surface area contributed by atoms with Crippen molar-refractivity contribution < 1.29 is 4.74 Å². The molecule has 0 radical (unpaired) electrons. The maximum Gasteiger partial charge on any atom is 0.169 e. The van der Waals surface area contributed by atoms with Crippen LogP contribution >= 0.6 is 23.3 Å². The summed E-state index contributed by atoms with van der Waals surface area (Å²) in [6.45, 7) is 0.664. The van der Waals surface area contributed by atoms with Crippen LogP contribution in [-0.4, -0.2) is 21.7 Å². The van der Waals surface area contributed by atoms with E-state index in [1.165, 1.54) is 11.5 Å². The Morgan fingerprint density at radius 2 is 2.17 bits per heavy atom. The lowest BCUT2D eigenvalue weighted by molar-refractivity contribution is 0.318. The van der Waals surface area contributed by atoms with Crippen LogP contribution in [-0.2, 0) is 0 Å². The molecule has 6 heteroatoms. The molecule has 0 N–H and O–H groups in total. The van der Waals surface area contributed by atoms with Gasteiger partial charge in [-0.15, -0.1) is 0 Å². The highest BCUT2D eigenvalue weighted by molar-refractivity contribution is 8.00. The first-order valence-corrected chi connectivity index (χ1v) is 7.17. The molecular formula is C12H11N3OS2. The zero-order chi connectivity index (χ0) is 12.6. The first-order chi connectivity index (χ1) is 8.88. The summed E-state index contributed by atoms with van der Waals surface area (Å²) >= 11 is 3.10. The molecule has 0 spiro atoms. The number of hydrogen-bond donors (Lipinski definition) is 0. The van der Waals surface area contributed by atoms with E-state index in [2.05, 4.69) is 15.4 Å². The molecule has 2 aromatic rings. The van der Waals surface area contributed by atoms with E-state index < -0.39 is 0 Å². The number of thioether (sulfide) groups is 1. The molecule has 0 saturated carbocycles. The second-order valence-corrected chi connectivity index (χ2v) is 5.52. The van der Waals surface area contributed by atoms with Crippen LogP contribution < -0.4 is 4.74 Å². The lowest BCUT2D eigenvalue weighted by atomic mass is 10.2. The van der Waals surface area contributed by atoms with Crippen molar-refractivity contribution in [2.24, 2.45) is 0 Å². The Morgan fingerprint density at radius 1 is 1.33 bits per heavy atom. The fraction of sp³-hybridized carbons (Fsp3) is 0.250. The van der Waals surface area contributed by atoms with Crippen molar-refractivity contribution in [3.63, 3.8) is 0 Å². The summed E-state index contributed by atoms with van der Waals surface area (Å²) in [7, 11) is 0. The average molecular weight is 277 g/mol. The van der Waals surface area contributed by atoms with E-state index in [0.717, 1.165) is 22.3 Å². The zero-order valence-electron chi connectivity index (χ0n) is 9.57. The molecule has 0 aliphatic rings. The number of ether oxygens (including phenoxy) is 1. The van der Waals surface area contributed by atoms with Gasteiger partial charge in [0.05, 0.1) is 18.2 Å². The van der Waals surface area contributed by atoms with Crippen molar-refractivity contribution in [3.8, 4) is 11.8 Å². The van der Waals surface area contributed by atoms with Crippen LogP contribution in [0.2, 0.25) is 0 Å². The molecule has 0 bridgehead atoms. The van der Waals surface area contributed by atoms with Crippen LogP contribution in [0, 0.1) is 11.3 Å². The molecule has 0 saturated heterocycles. The molecule has 0 amide bonds.